The number of carbonyl (C=O) groups is 2. The summed E-state index contributed by atoms with van der Waals surface area (Å²) in [6.07, 6.45) is 0.523. The van der Waals surface area contributed by atoms with Gasteiger partial charge < -0.3 is 14.6 Å². The highest BCUT2D eigenvalue weighted by atomic mass is 16.5. The van der Waals surface area contributed by atoms with Crippen LogP contribution in [0.3, 0.4) is 0 Å². The number of hydrogen-bond donors (Lipinski definition) is 1. The maximum absolute atomic E-state index is 12.7. The highest BCUT2D eigenvalue weighted by molar-refractivity contribution is 5.98. The van der Waals surface area contributed by atoms with Crippen molar-refractivity contribution < 1.29 is 14.3 Å². The Balaban J connectivity index is 1.72. The molecule has 2 aromatic carbocycles. The molecule has 1 unspecified atom stereocenters. The number of nitrogens with one attached hydrogen (secondary N) is 1. The number of amides is 1. The lowest BCUT2D eigenvalue weighted by Crippen LogP contribution is -2.35. The van der Waals surface area contributed by atoms with Crippen LogP contribution in [0.25, 0.3) is 10.9 Å². The summed E-state index contributed by atoms with van der Waals surface area (Å²) in [5, 5.41) is 3.91. The van der Waals surface area contributed by atoms with Crippen molar-refractivity contribution in [2.24, 2.45) is 13.0 Å². The molecular formula is C22H24N2O3. The van der Waals surface area contributed by atoms with Gasteiger partial charge in [0.25, 0.3) is 5.91 Å². The molecule has 1 atom stereocenters. The Kier molecular flexibility index (Phi) is 5.91. The molecule has 0 bridgehead atoms. The third-order valence-corrected chi connectivity index (χ3v) is 4.64. The largest absolute Gasteiger partial charge is 0.466 e. The second kappa shape index (κ2) is 8.54. The van der Waals surface area contributed by atoms with Gasteiger partial charge in [-0.15, -0.1) is 0 Å². The Bertz CT molecular complexity index is 931. The number of rotatable bonds is 7. The Hall–Kier alpha value is -3.08. The molecule has 0 fully saturated rings. The first-order valence-electron chi connectivity index (χ1n) is 9.13. The van der Waals surface area contributed by atoms with Gasteiger partial charge in [0.1, 0.15) is 5.69 Å². The maximum Gasteiger partial charge on any atom is 0.311 e. The summed E-state index contributed by atoms with van der Waals surface area (Å²) < 4.78 is 7.05. The zero-order chi connectivity index (χ0) is 19.2. The molecule has 140 valence electrons. The predicted octanol–water partition coefficient (Wildman–Crippen LogP) is 3.33. The monoisotopic (exact) mass is 364 g/mol. The van der Waals surface area contributed by atoms with Gasteiger partial charge in [0.05, 0.1) is 12.5 Å². The first-order chi connectivity index (χ1) is 13.1. The summed E-state index contributed by atoms with van der Waals surface area (Å²) in [7, 11) is 1.87. The van der Waals surface area contributed by atoms with Crippen molar-refractivity contribution in [3.8, 4) is 0 Å². The number of ether oxygens (including phenoxy) is 1. The second-order valence-electron chi connectivity index (χ2n) is 6.50. The number of hydrogen-bond acceptors (Lipinski definition) is 3. The highest BCUT2D eigenvalue weighted by Crippen LogP contribution is 2.18. The van der Waals surface area contributed by atoms with Crippen molar-refractivity contribution in [2.45, 2.75) is 13.3 Å². The van der Waals surface area contributed by atoms with Crippen LogP contribution in [0.1, 0.15) is 23.0 Å². The van der Waals surface area contributed by atoms with Crippen LogP contribution >= 0.6 is 0 Å². The summed E-state index contributed by atoms with van der Waals surface area (Å²) in [4.78, 5) is 25.0. The molecular weight excluding hydrogens is 340 g/mol. The molecule has 27 heavy (non-hydrogen) atoms. The molecule has 0 aliphatic carbocycles. The number of nitrogens with zero attached hydrogens (tertiary/aromatic N) is 1. The summed E-state index contributed by atoms with van der Waals surface area (Å²) in [5.74, 6) is -0.916. The van der Waals surface area contributed by atoms with Crippen LogP contribution in [0.4, 0.5) is 0 Å². The second-order valence-corrected chi connectivity index (χ2v) is 6.50. The van der Waals surface area contributed by atoms with Gasteiger partial charge in [0.2, 0.25) is 0 Å². The SMILES string of the molecule is CCOC(=O)C(CNC(=O)c1cc2ccccc2n1C)Cc1ccccc1. The lowest BCUT2D eigenvalue weighted by molar-refractivity contribution is -0.147. The molecule has 3 aromatic rings. The highest BCUT2D eigenvalue weighted by Gasteiger charge is 2.22. The van der Waals surface area contributed by atoms with Crippen molar-refractivity contribution in [2.75, 3.05) is 13.2 Å². The molecule has 1 heterocycles. The molecule has 5 nitrogen and oxygen atoms in total. The number of para-hydroxylation sites is 1. The minimum Gasteiger partial charge on any atom is -0.466 e. The van der Waals surface area contributed by atoms with Gasteiger partial charge >= 0.3 is 5.97 Å². The van der Waals surface area contributed by atoms with Gasteiger partial charge in [-0.2, -0.15) is 0 Å². The van der Waals surface area contributed by atoms with E-state index in [4.69, 9.17) is 4.74 Å². The molecule has 0 radical (unpaired) electrons. The number of aromatic nitrogens is 1. The molecule has 1 amide bonds. The van der Waals surface area contributed by atoms with Crippen LogP contribution in [0, 0.1) is 5.92 Å². The third kappa shape index (κ3) is 4.37. The van der Waals surface area contributed by atoms with E-state index in [9.17, 15) is 9.59 Å². The molecule has 0 saturated carbocycles. The number of esters is 1. The minimum atomic E-state index is -0.425. The predicted molar refractivity (Wildman–Crippen MR) is 106 cm³/mol. The van der Waals surface area contributed by atoms with Gasteiger partial charge in [0, 0.05) is 24.5 Å². The molecule has 1 aromatic heterocycles. The van der Waals surface area contributed by atoms with Gasteiger partial charge in [-0.05, 0) is 31.0 Å². The Morgan fingerprint density at radius 2 is 1.78 bits per heavy atom. The molecule has 3 rings (SSSR count). The van der Waals surface area contributed by atoms with Gasteiger partial charge in [0.15, 0.2) is 0 Å². The van der Waals surface area contributed by atoms with Crippen molar-refractivity contribution in [1.82, 2.24) is 9.88 Å². The average molecular weight is 364 g/mol. The van der Waals surface area contributed by atoms with Gasteiger partial charge in [-0.3, -0.25) is 9.59 Å². The molecule has 0 spiro atoms. The number of fused-ring (bicyclic) bond motifs is 1. The normalized spacial score (nSPS) is 11.9. The fraction of sp³-hybridized carbons (Fsp3) is 0.273. The van der Waals surface area contributed by atoms with E-state index in [1.165, 1.54) is 0 Å². The van der Waals surface area contributed by atoms with E-state index in [1.54, 1.807) is 6.92 Å². The van der Waals surface area contributed by atoms with Crippen LogP contribution in [0.2, 0.25) is 0 Å². The topological polar surface area (TPSA) is 60.3 Å². The maximum atomic E-state index is 12.7. The summed E-state index contributed by atoms with van der Waals surface area (Å²) in [5.41, 5.74) is 2.60. The van der Waals surface area contributed by atoms with Crippen molar-refractivity contribution >= 4 is 22.8 Å². The molecule has 1 N–H and O–H groups in total. The molecule has 0 aliphatic heterocycles. The van der Waals surface area contributed by atoms with Crippen LogP contribution in [-0.4, -0.2) is 29.6 Å². The minimum absolute atomic E-state index is 0.198. The lowest BCUT2D eigenvalue weighted by atomic mass is 9.99. The van der Waals surface area contributed by atoms with E-state index < -0.39 is 5.92 Å². The van der Waals surface area contributed by atoms with Gasteiger partial charge in [-0.1, -0.05) is 48.5 Å². The van der Waals surface area contributed by atoms with E-state index in [2.05, 4.69) is 5.32 Å². The Labute approximate surface area is 158 Å². The zero-order valence-electron chi connectivity index (χ0n) is 15.6. The van der Waals surface area contributed by atoms with Crippen molar-refractivity contribution in [3.05, 3.63) is 71.9 Å². The lowest BCUT2D eigenvalue weighted by Gasteiger charge is -2.16. The summed E-state index contributed by atoms with van der Waals surface area (Å²) in [6, 6.07) is 19.5. The average Bonchev–Trinajstić information content (AvgIpc) is 3.03. The third-order valence-electron chi connectivity index (χ3n) is 4.64. The first kappa shape index (κ1) is 18.7. The van der Waals surface area contributed by atoms with Crippen molar-refractivity contribution in [3.63, 3.8) is 0 Å². The summed E-state index contributed by atoms with van der Waals surface area (Å²) in [6.45, 7) is 2.33. The van der Waals surface area contributed by atoms with E-state index in [1.807, 2.05) is 72.3 Å². The first-order valence-corrected chi connectivity index (χ1v) is 9.13. The van der Waals surface area contributed by atoms with E-state index in [-0.39, 0.29) is 18.4 Å². The fourth-order valence-electron chi connectivity index (χ4n) is 3.21. The standard InChI is InChI=1S/C22H24N2O3/c1-3-27-22(26)18(13-16-9-5-4-6-10-16)15-23-21(25)20-14-17-11-7-8-12-19(17)24(20)2/h4-12,14,18H,3,13,15H2,1-2H3,(H,23,25). The molecule has 5 heteroatoms. The smallest absolute Gasteiger partial charge is 0.311 e. The quantitative estimate of drug-likeness (QED) is 0.654. The number of carbonyl (C=O) groups excluding carboxylic acids is 2. The van der Waals surface area contributed by atoms with Gasteiger partial charge in [-0.25, -0.2) is 0 Å². The Morgan fingerprint density at radius 3 is 2.48 bits per heavy atom. The molecule has 0 saturated heterocycles. The zero-order valence-corrected chi connectivity index (χ0v) is 15.6. The van der Waals surface area contributed by atoms with Crippen LogP contribution in [0.15, 0.2) is 60.7 Å². The fourth-order valence-corrected chi connectivity index (χ4v) is 3.21. The van der Waals surface area contributed by atoms with Crippen molar-refractivity contribution in [1.29, 1.82) is 0 Å². The van der Waals surface area contributed by atoms with Crippen LogP contribution < -0.4 is 5.32 Å². The van der Waals surface area contributed by atoms with Crippen LogP contribution in [-0.2, 0) is 23.0 Å². The number of benzene rings is 2. The van der Waals surface area contributed by atoms with E-state index in [0.717, 1.165) is 16.5 Å². The number of aryl methyl sites for hydroxylation is 1. The summed E-state index contributed by atoms with van der Waals surface area (Å²) >= 11 is 0. The van der Waals surface area contributed by atoms with E-state index >= 15 is 0 Å². The van der Waals surface area contributed by atoms with E-state index in [0.29, 0.717) is 18.7 Å². The Morgan fingerprint density at radius 1 is 1.07 bits per heavy atom. The molecule has 0 aliphatic rings. The van der Waals surface area contributed by atoms with Crippen LogP contribution in [0.5, 0.6) is 0 Å².